The van der Waals surface area contributed by atoms with Crippen LogP contribution in [0.15, 0.2) is 53.4 Å². The van der Waals surface area contributed by atoms with Crippen molar-refractivity contribution in [3.05, 3.63) is 59.9 Å². The molecule has 0 saturated carbocycles. The molecular weight excluding hydrogens is 362 g/mol. The summed E-state index contributed by atoms with van der Waals surface area (Å²) in [6.45, 7) is 3.87. The number of hydrogen-bond acceptors (Lipinski definition) is 5. The molecule has 0 amide bonds. The highest BCUT2D eigenvalue weighted by molar-refractivity contribution is 7.92. The van der Waals surface area contributed by atoms with Gasteiger partial charge < -0.3 is 0 Å². The van der Waals surface area contributed by atoms with Crippen LogP contribution in [-0.4, -0.2) is 35.0 Å². The Hall–Kier alpha value is -3.00. The minimum Gasteiger partial charge on any atom is -0.250 e. The minimum atomic E-state index is -3.78. The van der Waals surface area contributed by atoms with Crippen molar-refractivity contribution in [3.63, 3.8) is 0 Å². The minimum absolute atomic E-state index is 0.207. The number of anilines is 1. The SMILES string of the molecule is CCc1nc2c(N(C)S(=O)(=O)c3ccc(C)cc3)nc3ccccc3n2n1. The molecule has 0 bridgehead atoms. The summed E-state index contributed by atoms with van der Waals surface area (Å²) in [5.41, 5.74) is 2.85. The Morgan fingerprint density at radius 3 is 2.44 bits per heavy atom. The topological polar surface area (TPSA) is 80.5 Å². The molecule has 0 aliphatic carbocycles. The summed E-state index contributed by atoms with van der Waals surface area (Å²) in [6.07, 6.45) is 0.643. The number of aryl methyl sites for hydroxylation is 2. The summed E-state index contributed by atoms with van der Waals surface area (Å²) in [6, 6.07) is 14.2. The van der Waals surface area contributed by atoms with Crippen molar-refractivity contribution in [1.29, 1.82) is 0 Å². The summed E-state index contributed by atoms with van der Waals surface area (Å²) in [7, 11) is -2.28. The van der Waals surface area contributed by atoms with E-state index in [0.717, 1.165) is 11.1 Å². The van der Waals surface area contributed by atoms with E-state index in [1.807, 2.05) is 38.1 Å². The summed E-state index contributed by atoms with van der Waals surface area (Å²) < 4.78 is 29.1. The normalized spacial score (nSPS) is 12.0. The molecule has 0 radical (unpaired) electrons. The number of hydrogen-bond donors (Lipinski definition) is 0. The number of para-hydroxylation sites is 2. The molecule has 0 N–H and O–H groups in total. The molecule has 0 aliphatic heterocycles. The van der Waals surface area contributed by atoms with Crippen LogP contribution in [0.5, 0.6) is 0 Å². The van der Waals surface area contributed by atoms with Gasteiger partial charge in [0.1, 0.15) is 0 Å². The zero-order valence-electron chi connectivity index (χ0n) is 15.3. The van der Waals surface area contributed by atoms with Crippen molar-refractivity contribution in [2.24, 2.45) is 0 Å². The lowest BCUT2D eigenvalue weighted by molar-refractivity contribution is 0.594. The molecule has 7 nitrogen and oxygen atoms in total. The van der Waals surface area contributed by atoms with Gasteiger partial charge >= 0.3 is 0 Å². The van der Waals surface area contributed by atoms with Crippen molar-refractivity contribution in [1.82, 2.24) is 19.6 Å². The first kappa shape index (κ1) is 17.4. The number of benzene rings is 2. The second-order valence-electron chi connectivity index (χ2n) is 6.33. The second-order valence-corrected chi connectivity index (χ2v) is 8.30. The van der Waals surface area contributed by atoms with E-state index in [2.05, 4.69) is 15.1 Å². The molecule has 0 spiro atoms. The fraction of sp³-hybridized carbons (Fsp3) is 0.211. The van der Waals surface area contributed by atoms with Gasteiger partial charge in [0.2, 0.25) is 0 Å². The first-order valence-corrected chi connectivity index (χ1v) is 10.1. The molecule has 0 saturated heterocycles. The van der Waals surface area contributed by atoms with Gasteiger partial charge in [0.25, 0.3) is 10.0 Å². The highest BCUT2D eigenvalue weighted by Crippen LogP contribution is 2.27. The number of rotatable bonds is 4. The smallest absolute Gasteiger partial charge is 0.250 e. The van der Waals surface area contributed by atoms with Gasteiger partial charge in [0.15, 0.2) is 17.3 Å². The van der Waals surface area contributed by atoms with Crippen LogP contribution in [0.1, 0.15) is 18.3 Å². The fourth-order valence-corrected chi connectivity index (χ4v) is 4.06. The Kier molecular flexibility index (Phi) is 4.07. The van der Waals surface area contributed by atoms with Crippen molar-refractivity contribution < 1.29 is 8.42 Å². The molecule has 0 atom stereocenters. The van der Waals surface area contributed by atoms with Gasteiger partial charge in [-0.25, -0.2) is 27.2 Å². The largest absolute Gasteiger partial charge is 0.265 e. The summed E-state index contributed by atoms with van der Waals surface area (Å²) in [5.74, 6) is 0.886. The van der Waals surface area contributed by atoms with Crippen LogP contribution in [0.4, 0.5) is 5.82 Å². The van der Waals surface area contributed by atoms with Crippen LogP contribution in [0, 0.1) is 6.92 Å². The molecule has 2 heterocycles. The lowest BCUT2D eigenvalue weighted by Crippen LogP contribution is -2.28. The molecule has 4 rings (SSSR count). The Balaban J connectivity index is 1.96. The monoisotopic (exact) mass is 381 g/mol. The molecular formula is C19H19N5O2S. The van der Waals surface area contributed by atoms with Gasteiger partial charge in [-0.05, 0) is 31.2 Å². The van der Waals surface area contributed by atoms with Gasteiger partial charge in [0, 0.05) is 13.5 Å². The molecule has 2 aromatic heterocycles. The number of sulfonamides is 1. The van der Waals surface area contributed by atoms with Crippen molar-refractivity contribution >= 4 is 32.5 Å². The quantitative estimate of drug-likeness (QED) is 0.543. The molecule has 138 valence electrons. The van der Waals surface area contributed by atoms with Crippen molar-refractivity contribution in [2.75, 3.05) is 11.4 Å². The molecule has 2 aromatic carbocycles. The summed E-state index contributed by atoms with van der Waals surface area (Å²) >= 11 is 0. The predicted molar refractivity (Wildman–Crippen MR) is 104 cm³/mol. The van der Waals surface area contributed by atoms with Crippen LogP contribution in [0.3, 0.4) is 0 Å². The number of nitrogens with zero attached hydrogens (tertiary/aromatic N) is 5. The number of aromatic nitrogens is 4. The molecule has 8 heteroatoms. The Labute approximate surface area is 157 Å². The van der Waals surface area contributed by atoms with E-state index in [1.165, 1.54) is 11.4 Å². The highest BCUT2D eigenvalue weighted by atomic mass is 32.2. The third kappa shape index (κ3) is 2.82. The third-order valence-electron chi connectivity index (χ3n) is 4.48. The zero-order valence-corrected chi connectivity index (χ0v) is 16.1. The Morgan fingerprint density at radius 1 is 1.04 bits per heavy atom. The fourth-order valence-electron chi connectivity index (χ4n) is 2.91. The van der Waals surface area contributed by atoms with Gasteiger partial charge in [0.05, 0.1) is 15.9 Å². The van der Waals surface area contributed by atoms with Crippen LogP contribution in [-0.2, 0) is 16.4 Å². The first-order valence-electron chi connectivity index (χ1n) is 8.62. The Morgan fingerprint density at radius 2 is 1.74 bits per heavy atom. The van der Waals surface area contributed by atoms with Crippen molar-refractivity contribution in [2.45, 2.75) is 25.2 Å². The van der Waals surface area contributed by atoms with Gasteiger partial charge in [-0.2, -0.15) is 5.10 Å². The van der Waals surface area contributed by atoms with Crippen molar-refractivity contribution in [3.8, 4) is 0 Å². The van der Waals surface area contributed by atoms with Gasteiger partial charge in [-0.3, -0.25) is 0 Å². The maximum absolute atomic E-state index is 13.1. The summed E-state index contributed by atoms with van der Waals surface area (Å²) in [4.78, 5) is 9.30. The van der Waals surface area contributed by atoms with E-state index in [0.29, 0.717) is 23.4 Å². The summed E-state index contributed by atoms with van der Waals surface area (Å²) in [5, 5.41) is 4.51. The molecule has 4 aromatic rings. The molecule has 0 unspecified atom stereocenters. The zero-order chi connectivity index (χ0) is 19.2. The average Bonchev–Trinajstić information content (AvgIpc) is 3.12. The van der Waals surface area contributed by atoms with E-state index >= 15 is 0 Å². The van der Waals surface area contributed by atoms with Crippen LogP contribution in [0.25, 0.3) is 16.7 Å². The molecule has 0 aliphatic rings. The van der Waals surface area contributed by atoms with Crippen LogP contribution >= 0.6 is 0 Å². The van der Waals surface area contributed by atoms with E-state index in [-0.39, 0.29) is 10.7 Å². The Bertz CT molecular complexity index is 1250. The van der Waals surface area contributed by atoms with Crippen LogP contribution < -0.4 is 4.31 Å². The lowest BCUT2D eigenvalue weighted by atomic mass is 10.2. The van der Waals surface area contributed by atoms with E-state index in [4.69, 9.17) is 0 Å². The highest BCUT2D eigenvalue weighted by Gasteiger charge is 2.26. The predicted octanol–water partition coefficient (Wildman–Crippen LogP) is 2.97. The van der Waals surface area contributed by atoms with Crippen LogP contribution in [0.2, 0.25) is 0 Å². The first-order chi connectivity index (χ1) is 12.9. The van der Waals surface area contributed by atoms with E-state index in [9.17, 15) is 8.42 Å². The van der Waals surface area contributed by atoms with E-state index in [1.54, 1.807) is 28.8 Å². The van der Waals surface area contributed by atoms with Gasteiger partial charge in [-0.1, -0.05) is 36.8 Å². The number of fused-ring (bicyclic) bond motifs is 3. The third-order valence-corrected chi connectivity index (χ3v) is 6.24. The van der Waals surface area contributed by atoms with E-state index < -0.39 is 10.0 Å². The average molecular weight is 381 g/mol. The van der Waals surface area contributed by atoms with Gasteiger partial charge in [-0.15, -0.1) is 0 Å². The maximum atomic E-state index is 13.1. The lowest BCUT2D eigenvalue weighted by Gasteiger charge is -2.19. The second kappa shape index (κ2) is 6.31. The molecule has 27 heavy (non-hydrogen) atoms. The standard InChI is InChI=1S/C19H19N5O2S/c1-4-17-21-19-18(20-15-7-5-6-8-16(15)24(19)22-17)23(3)27(25,26)14-11-9-13(2)10-12-14/h5-12H,4H2,1-3H3. The maximum Gasteiger partial charge on any atom is 0.265 e. The molecule has 0 fully saturated rings.